The molecule has 0 radical (unpaired) electrons. The lowest BCUT2D eigenvalue weighted by Crippen LogP contribution is -2.10. The third kappa shape index (κ3) is 26.8. The maximum atomic E-state index is 9.24. The lowest BCUT2D eigenvalue weighted by molar-refractivity contribution is -0.135. The topological polar surface area (TPSA) is 63.3 Å². The van der Waals surface area contributed by atoms with Crippen LogP contribution in [0.4, 0.5) is 0 Å². The summed E-state index contributed by atoms with van der Waals surface area (Å²) in [6, 6.07) is 0. The summed E-state index contributed by atoms with van der Waals surface area (Å²) in [5, 5.41) is 11.1. The summed E-state index contributed by atoms with van der Waals surface area (Å²) in [5.74, 6) is -0.968. The van der Waals surface area contributed by atoms with E-state index in [9.17, 15) is 4.79 Å². The molecule has 0 saturated carbocycles. The minimum absolute atomic E-state index is 0.278. The first-order valence-electron chi connectivity index (χ1n) is 2.48. The number of nitrogens with two attached hydrogens (primary N) is 1. The average Bonchev–Trinajstić information content (AvgIpc) is 1.91. The van der Waals surface area contributed by atoms with Gasteiger partial charge in [-0.15, -0.1) is 11.8 Å². The van der Waals surface area contributed by atoms with E-state index < -0.39 is 5.97 Å². The van der Waals surface area contributed by atoms with Crippen molar-refractivity contribution in [2.45, 2.75) is 0 Å². The van der Waals surface area contributed by atoms with Crippen LogP contribution in [0.25, 0.3) is 0 Å². The van der Waals surface area contributed by atoms with Gasteiger partial charge in [0, 0.05) is 0 Å². The summed E-state index contributed by atoms with van der Waals surface area (Å²) in [7, 11) is 0. The van der Waals surface area contributed by atoms with E-state index in [1.165, 1.54) is 11.8 Å². The first kappa shape index (κ1) is 12.0. The Morgan fingerprint density at radius 1 is 1.60 bits per heavy atom. The van der Waals surface area contributed by atoms with Gasteiger partial charge in [-0.25, -0.2) is 0 Å². The minimum Gasteiger partial charge on any atom is -0.480 e. The van der Waals surface area contributed by atoms with Crippen molar-refractivity contribution >= 4 is 17.7 Å². The number of aliphatic carboxylic acids is 1. The zero-order chi connectivity index (χ0) is 8.41. The van der Waals surface area contributed by atoms with Crippen LogP contribution in [-0.4, -0.2) is 17.6 Å². The maximum Gasteiger partial charge on any atom is 0.317 e. The number of hydrogen-bond donors (Lipinski definition) is 2. The molecule has 0 spiro atoms. The molecule has 0 aromatic carbocycles. The van der Waals surface area contributed by atoms with Gasteiger partial charge in [-0.2, -0.15) is 0 Å². The molecule has 0 aliphatic carbocycles. The largest absolute Gasteiger partial charge is 0.480 e. The molecule has 0 fully saturated rings. The van der Waals surface area contributed by atoms with Gasteiger partial charge in [-0.05, 0) is 10.8 Å². The minimum atomic E-state index is -0.968. The quantitative estimate of drug-likeness (QED) is 0.649. The SMILES string of the molecule is C=CSC=C.NCC(=O)O. The molecule has 0 aromatic rings. The molecular formula is C6H11NO2S. The monoisotopic (exact) mass is 161 g/mol. The normalized spacial score (nSPS) is 6.90. The van der Waals surface area contributed by atoms with Crippen LogP contribution in [0.3, 0.4) is 0 Å². The molecule has 3 nitrogen and oxygen atoms in total. The summed E-state index contributed by atoms with van der Waals surface area (Å²) in [6.45, 7) is 6.61. The Morgan fingerprint density at radius 2 is 1.90 bits per heavy atom. The molecule has 0 bridgehead atoms. The zero-order valence-electron chi connectivity index (χ0n) is 5.62. The van der Waals surface area contributed by atoms with Crippen molar-refractivity contribution in [2.24, 2.45) is 5.73 Å². The van der Waals surface area contributed by atoms with E-state index in [1.807, 2.05) is 0 Å². The molecule has 0 unspecified atom stereocenters. The fraction of sp³-hybridized carbons (Fsp3) is 0.167. The number of carboxylic acid groups (broad SMARTS) is 1. The van der Waals surface area contributed by atoms with Crippen molar-refractivity contribution in [2.75, 3.05) is 6.54 Å². The van der Waals surface area contributed by atoms with Gasteiger partial charge in [0.1, 0.15) is 0 Å². The number of carbonyl (C=O) groups is 1. The van der Waals surface area contributed by atoms with Gasteiger partial charge in [0.25, 0.3) is 0 Å². The van der Waals surface area contributed by atoms with E-state index in [1.54, 1.807) is 10.8 Å². The van der Waals surface area contributed by atoms with E-state index in [0.717, 1.165) is 0 Å². The number of rotatable bonds is 3. The second kappa shape index (κ2) is 11.1. The Balaban J connectivity index is 0. The van der Waals surface area contributed by atoms with Crippen molar-refractivity contribution in [3.05, 3.63) is 24.0 Å². The molecule has 4 heteroatoms. The van der Waals surface area contributed by atoms with Gasteiger partial charge in [-0.3, -0.25) is 4.79 Å². The molecule has 0 heterocycles. The predicted octanol–water partition coefficient (Wildman–Crippen LogP) is 1.04. The van der Waals surface area contributed by atoms with Crippen molar-refractivity contribution in [3.8, 4) is 0 Å². The lowest BCUT2D eigenvalue weighted by Gasteiger charge is -1.73. The Bertz CT molecular complexity index is 108. The van der Waals surface area contributed by atoms with Gasteiger partial charge in [-0.1, -0.05) is 13.2 Å². The molecule has 0 aliphatic rings. The second-order valence-corrected chi connectivity index (χ2v) is 2.01. The van der Waals surface area contributed by atoms with Crippen molar-refractivity contribution in [1.29, 1.82) is 0 Å². The zero-order valence-corrected chi connectivity index (χ0v) is 6.43. The van der Waals surface area contributed by atoms with E-state index in [2.05, 4.69) is 18.9 Å². The van der Waals surface area contributed by atoms with E-state index in [0.29, 0.717) is 0 Å². The lowest BCUT2D eigenvalue weighted by atomic mass is 10.7. The summed E-state index contributed by atoms with van der Waals surface area (Å²) in [4.78, 5) is 9.24. The summed E-state index contributed by atoms with van der Waals surface area (Å²) >= 11 is 1.49. The molecule has 0 aromatic heterocycles. The van der Waals surface area contributed by atoms with Crippen LogP contribution in [0.15, 0.2) is 24.0 Å². The molecule has 0 saturated heterocycles. The van der Waals surface area contributed by atoms with Crippen LogP contribution in [0.2, 0.25) is 0 Å². The molecule has 10 heavy (non-hydrogen) atoms. The van der Waals surface area contributed by atoms with Gasteiger partial charge in [0.05, 0.1) is 6.54 Å². The molecule has 0 amide bonds. The Labute approximate surface area is 64.6 Å². The Kier molecular flexibility index (Phi) is 13.3. The first-order chi connectivity index (χ1) is 4.68. The summed E-state index contributed by atoms with van der Waals surface area (Å²) < 4.78 is 0. The third-order valence-corrected chi connectivity index (χ3v) is 0.752. The van der Waals surface area contributed by atoms with E-state index >= 15 is 0 Å². The smallest absolute Gasteiger partial charge is 0.317 e. The Hall–Kier alpha value is -0.740. The Morgan fingerprint density at radius 3 is 1.90 bits per heavy atom. The molecule has 0 rings (SSSR count). The van der Waals surface area contributed by atoms with Crippen LogP contribution in [0.5, 0.6) is 0 Å². The van der Waals surface area contributed by atoms with Crippen LogP contribution in [0.1, 0.15) is 0 Å². The number of hydrogen-bond acceptors (Lipinski definition) is 3. The molecule has 0 aliphatic heterocycles. The molecule has 3 N–H and O–H groups in total. The van der Waals surface area contributed by atoms with E-state index in [-0.39, 0.29) is 6.54 Å². The van der Waals surface area contributed by atoms with Crippen molar-refractivity contribution < 1.29 is 9.90 Å². The maximum absolute atomic E-state index is 9.24. The van der Waals surface area contributed by atoms with Crippen LogP contribution in [0, 0.1) is 0 Å². The molecular weight excluding hydrogens is 150 g/mol. The van der Waals surface area contributed by atoms with Gasteiger partial charge < -0.3 is 10.8 Å². The van der Waals surface area contributed by atoms with Crippen molar-refractivity contribution in [1.82, 2.24) is 0 Å². The second-order valence-electron chi connectivity index (χ2n) is 1.07. The van der Waals surface area contributed by atoms with Gasteiger partial charge >= 0.3 is 5.97 Å². The number of thioether (sulfide) groups is 1. The highest BCUT2D eigenvalue weighted by Gasteiger charge is 1.81. The third-order valence-electron chi connectivity index (χ3n) is 0.367. The standard InChI is InChI=1S/C4H6S.C2H5NO2/c1-3-5-4-2;3-1-2(4)5/h3-4H,1-2H2;1,3H2,(H,4,5). The van der Waals surface area contributed by atoms with Crippen LogP contribution < -0.4 is 5.73 Å². The molecule has 0 atom stereocenters. The van der Waals surface area contributed by atoms with Gasteiger partial charge in [0.15, 0.2) is 0 Å². The van der Waals surface area contributed by atoms with Crippen molar-refractivity contribution in [3.63, 3.8) is 0 Å². The van der Waals surface area contributed by atoms with E-state index in [4.69, 9.17) is 5.11 Å². The highest BCUT2D eigenvalue weighted by Crippen LogP contribution is 1.96. The van der Waals surface area contributed by atoms with Gasteiger partial charge in [0.2, 0.25) is 0 Å². The fourth-order valence-corrected chi connectivity index (χ4v) is 0.204. The summed E-state index contributed by atoms with van der Waals surface area (Å²) in [6.07, 6.45) is 0. The highest BCUT2D eigenvalue weighted by molar-refractivity contribution is 8.04. The fourth-order valence-electron chi connectivity index (χ4n) is 0.0680. The van der Waals surface area contributed by atoms with Crippen LogP contribution >= 0.6 is 11.8 Å². The predicted molar refractivity (Wildman–Crippen MR) is 44.7 cm³/mol. The number of carboxylic acids is 1. The first-order valence-corrected chi connectivity index (χ1v) is 3.42. The highest BCUT2D eigenvalue weighted by atomic mass is 32.2. The summed E-state index contributed by atoms with van der Waals surface area (Å²) in [5.41, 5.74) is 4.57. The van der Waals surface area contributed by atoms with Crippen LogP contribution in [-0.2, 0) is 4.79 Å². The average molecular weight is 161 g/mol. The molecule has 58 valence electrons.